The lowest BCUT2D eigenvalue weighted by atomic mass is 10.3. The number of nitrogens with zero attached hydrogens (tertiary/aromatic N) is 1. The van der Waals surface area contributed by atoms with Gasteiger partial charge in [-0.05, 0) is 18.2 Å². The number of aromatic nitrogens is 1. The van der Waals surface area contributed by atoms with Gasteiger partial charge in [0, 0.05) is 11.8 Å². The Morgan fingerprint density at radius 1 is 1.05 bits per heavy atom. The number of alkyl halides is 1. The lowest BCUT2D eigenvalue weighted by Gasteiger charge is -2.14. The Kier molecular flexibility index (Phi) is 4.47. The minimum atomic E-state index is 0.320. The van der Waals surface area contributed by atoms with Gasteiger partial charge in [-0.1, -0.05) is 12.1 Å². The van der Waals surface area contributed by atoms with E-state index in [4.69, 9.17) is 25.8 Å². The van der Waals surface area contributed by atoms with Gasteiger partial charge in [0.2, 0.25) is 11.6 Å². The summed E-state index contributed by atoms with van der Waals surface area (Å²) in [4.78, 5) is 4.18. The second kappa shape index (κ2) is 6.29. The Morgan fingerprint density at radius 3 is 2.32 bits per heavy atom. The molecule has 1 aromatic heterocycles. The van der Waals surface area contributed by atoms with Gasteiger partial charge in [0.25, 0.3) is 0 Å². The standard InChI is InChI=1S/C14H14ClNO3/c1-17-11-6-3-7-12(18-2)13(11)19-14-10(9-15)5-4-8-16-14/h3-8H,9H2,1-2H3. The number of benzene rings is 1. The highest BCUT2D eigenvalue weighted by atomic mass is 35.5. The number of methoxy groups -OCH3 is 2. The van der Waals surface area contributed by atoms with Gasteiger partial charge in [-0.3, -0.25) is 0 Å². The van der Waals surface area contributed by atoms with E-state index in [-0.39, 0.29) is 0 Å². The molecule has 0 amide bonds. The summed E-state index contributed by atoms with van der Waals surface area (Å²) in [6, 6.07) is 9.08. The van der Waals surface area contributed by atoms with E-state index in [0.29, 0.717) is 29.0 Å². The van der Waals surface area contributed by atoms with Gasteiger partial charge in [-0.2, -0.15) is 0 Å². The molecular weight excluding hydrogens is 266 g/mol. The van der Waals surface area contributed by atoms with Crippen molar-refractivity contribution in [2.45, 2.75) is 5.88 Å². The molecule has 1 aromatic carbocycles. The first-order valence-corrected chi connectivity index (χ1v) is 6.22. The molecule has 0 bridgehead atoms. The van der Waals surface area contributed by atoms with Crippen LogP contribution in [0, 0.1) is 0 Å². The van der Waals surface area contributed by atoms with E-state index in [0.717, 1.165) is 5.56 Å². The number of pyridine rings is 1. The quantitative estimate of drug-likeness (QED) is 0.784. The minimum absolute atomic E-state index is 0.320. The number of rotatable bonds is 5. The van der Waals surface area contributed by atoms with E-state index in [1.807, 2.05) is 18.2 Å². The van der Waals surface area contributed by atoms with Gasteiger partial charge < -0.3 is 14.2 Å². The van der Waals surface area contributed by atoms with Crippen LogP contribution in [0.3, 0.4) is 0 Å². The highest BCUT2D eigenvalue weighted by Crippen LogP contribution is 2.40. The molecule has 2 aromatic rings. The smallest absolute Gasteiger partial charge is 0.224 e. The van der Waals surface area contributed by atoms with E-state index in [9.17, 15) is 0 Å². The van der Waals surface area contributed by atoms with Crippen molar-refractivity contribution in [2.24, 2.45) is 0 Å². The largest absolute Gasteiger partial charge is 0.493 e. The van der Waals surface area contributed by atoms with Crippen LogP contribution in [0.15, 0.2) is 36.5 Å². The van der Waals surface area contributed by atoms with Crippen molar-refractivity contribution in [1.82, 2.24) is 4.98 Å². The van der Waals surface area contributed by atoms with E-state index in [1.165, 1.54) is 0 Å². The van der Waals surface area contributed by atoms with Crippen molar-refractivity contribution in [2.75, 3.05) is 14.2 Å². The fourth-order valence-corrected chi connectivity index (χ4v) is 1.84. The van der Waals surface area contributed by atoms with Gasteiger partial charge in [0.05, 0.1) is 20.1 Å². The first-order valence-electron chi connectivity index (χ1n) is 5.68. The second-order valence-corrected chi connectivity index (χ2v) is 3.96. The number of hydrogen-bond donors (Lipinski definition) is 0. The number of hydrogen-bond acceptors (Lipinski definition) is 4. The molecule has 0 saturated carbocycles. The van der Waals surface area contributed by atoms with Crippen LogP contribution in [-0.2, 0) is 5.88 Å². The van der Waals surface area contributed by atoms with Crippen LogP contribution in [-0.4, -0.2) is 19.2 Å². The van der Waals surface area contributed by atoms with Gasteiger partial charge in [-0.25, -0.2) is 4.98 Å². The molecule has 0 unspecified atom stereocenters. The summed E-state index contributed by atoms with van der Waals surface area (Å²) in [5.74, 6) is 2.40. The maximum absolute atomic E-state index is 5.86. The molecule has 0 fully saturated rings. The van der Waals surface area contributed by atoms with Crippen LogP contribution in [0.25, 0.3) is 0 Å². The second-order valence-electron chi connectivity index (χ2n) is 3.70. The third-order valence-corrected chi connectivity index (χ3v) is 2.86. The Morgan fingerprint density at radius 2 is 1.74 bits per heavy atom. The first-order chi connectivity index (χ1) is 9.30. The summed E-state index contributed by atoms with van der Waals surface area (Å²) in [5, 5.41) is 0. The van der Waals surface area contributed by atoms with Gasteiger partial charge in [-0.15, -0.1) is 11.6 Å². The molecule has 0 radical (unpaired) electrons. The van der Waals surface area contributed by atoms with Crippen molar-refractivity contribution in [3.05, 3.63) is 42.1 Å². The van der Waals surface area contributed by atoms with E-state index < -0.39 is 0 Å². The molecule has 5 heteroatoms. The summed E-state index contributed by atoms with van der Waals surface area (Å²) >= 11 is 5.86. The SMILES string of the molecule is COc1cccc(OC)c1Oc1ncccc1CCl. The zero-order valence-corrected chi connectivity index (χ0v) is 11.5. The molecule has 0 saturated heterocycles. The molecule has 2 rings (SSSR count). The summed E-state index contributed by atoms with van der Waals surface area (Å²) in [5.41, 5.74) is 0.803. The maximum Gasteiger partial charge on any atom is 0.224 e. The fourth-order valence-electron chi connectivity index (χ4n) is 1.63. The minimum Gasteiger partial charge on any atom is -0.493 e. The summed E-state index contributed by atoms with van der Waals surface area (Å²) in [6.07, 6.45) is 1.65. The van der Waals surface area contributed by atoms with Gasteiger partial charge in [0.15, 0.2) is 11.5 Å². The molecular formula is C14H14ClNO3. The highest BCUT2D eigenvalue weighted by molar-refractivity contribution is 6.17. The molecule has 0 aliphatic heterocycles. The van der Waals surface area contributed by atoms with Crippen LogP contribution in [0.4, 0.5) is 0 Å². The van der Waals surface area contributed by atoms with Crippen molar-refractivity contribution in [3.63, 3.8) is 0 Å². The summed E-state index contributed by atoms with van der Waals surface area (Å²) < 4.78 is 16.3. The monoisotopic (exact) mass is 279 g/mol. The average molecular weight is 280 g/mol. The average Bonchev–Trinajstić information content (AvgIpc) is 2.48. The van der Waals surface area contributed by atoms with Crippen LogP contribution < -0.4 is 14.2 Å². The lowest BCUT2D eigenvalue weighted by Crippen LogP contribution is -1.97. The molecule has 0 aliphatic carbocycles. The Bertz CT molecular complexity index is 538. The first kappa shape index (κ1) is 13.5. The number of ether oxygens (including phenoxy) is 3. The molecule has 0 N–H and O–H groups in total. The van der Waals surface area contributed by atoms with Crippen LogP contribution in [0.5, 0.6) is 23.1 Å². The van der Waals surface area contributed by atoms with Crippen molar-refractivity contribution >= 4 is 11.6 Å². The molecule has 0 spiro atoms. The molecule has 1 heterocycles. The fraction of sp³-hybridized carbons (Fsp3) is 0.214. The zero-order valence-electron chi connectivity index (χ0n) is 10.7. The Balaban J connectivity index is 2.42. The summed E-state index contributed by atoms with van der Waals surface area (Å²) in [7, 11) is 3.14. The molecule has 0 atom stereocenters. The van der Waals surface area contributed by atoms with Crippen LogP contribution >= 0.6 is 11.6 Å². The predicted octanol–water partition coefficient (Wildman–Crippen LogP) is 3.63. The van der Waals surface area contributed by atoms with Gasteiger partial charge >= 0.3 is 0 Å². The van der Waals surface area contributed by atoms with Crippen molar-refractivity contribution < 1.29 is 14.2 Å². The zero-order chi connectivity index (χ0) is 13.7. The third-order valence-electron chi connectivity index (χ3n) is 2.58. The van der Waals surface area contributed by atoms with Crippen LogP contribution in [0.1, 0.15) is 5.56 Å². The molecule has 100 valence electrons. The van der Waals surface area contributed by atoms with E-state index >= 15 is 0 Å². The molecule has 0 aliphatic rings. The maximum atomic E-state index is 5.86. The normalized spacial score (nSPS) is 10.1. The van der Waals surface area contributed by atoms with Crippen LogP contribution in [0.2, 0.25) is 0 Å². The summed E-state index contributed by atoms with van der Waals surface area (Å²) in [6.45, 7) is 0. The number of para-hydroxylation sites is 1. The predicted molar refractivity (Wildman–Crippen MR) is 73.4 cm³/mol. The Labute approximate surface area is 116 Å². The topological polar surface area (TPSA) is 40.6 Å². The third kappa shape index (κ3) is 2.90. The molecule has 4 nitrogen and oxygen atoms in total. The Hall–Kier alpha value is -1.94. The highest BCUT2D eigenvalue weighted by Gasteiger charge is 2.14. The van der Waals surface area contributed by atoms with E-state index in [1.54, 1.807) is 32.5 Å². The van der Waals surface area contributed by atoms with E-state index in [2.05, 4.69) is 4.98 Å². The number of halogens is 1. The lowest BCUT2D eigenvalue weighted by molar-refractivity contribution is 0.341. The molecule has 19 heavy (non-hydrogen) atoms. The van der Waals surface area contributed by atoms with Crippen molar-refractivity contribution in [3.8, 4) is 23.1 Å². The van der Waals surface area contributed by atoms with Gasteiger partial charge in [0.1, 0.15) is 0 Å². The van der Waals surface area contributed by atoms with Crippen molar-refractivity contribution in [1.29, 1.82) is 0 Å².